The lowest BCUT2D eigenvalue weighted by molar-refractivity contribution is -0.116. The van der Waals surface area contributed by atoms with E-state index in [0.29, 0.717) is 12.1 Å². The molecule has 0 unspecified atom stereocenters. The zero-order chi connectivity index (χ0) is 12.5. The Balaban J connectivity index is 1.71. The maximum Gasteiger partial charge on any atom is 0.224 e. The number of nitrogen functional groups attached to an aromatic ring is 1. The first-order valence-electron chi connectivity index (χ1n) is 6.57. The van der Waals surface area contributed by atoms with E-state index in [2.05, 4.69) is 5.32 Å². The van der Waals surface area contributed by atoms with Crippen molar-refractivity contribution >= 4 is 17.3 Å². The minimum atomic E-state index is 0.0595. The zero-order valence-electron chi connectivity index (χ0n) is 10.4. The first-order valence-corrected chi connectivity index (χ1v) is 6.57. The highest BCUT2D eigenvalue weighted by Crippen LogP contribution is 2.35. The molecule has 4 heteroatoms. The fourth-order valence-electron chi connectivity index (χ4n) is 2.29. The van der Waals surface area contributed by atoms with E-state index in [1.165, 1.54) is 12.8 Å². The lowest BCUT2D eigenvalue weighted by Gasteiger charge is -2.19. The Labute approximate surface area is 107 Å². The average Bonchev–Trinajstić information content (AvgIpc) is 3.14. The molecule has 0 aromatic heterocycles. The van der Waals surface area contributed by atoms with Crippen molar-refractivity contribution in [1.82, 2.24) is 0 Å². The molecule has 0 spiro atoms. The van der Waals surface area contributed by atoms with Gasteiger partial charge >= 0.3 is 0 Å². The Morgan fingerprint density at radius 3 is 2.94 bits per heavy atom. The van der Waals surface area contributed by atoms with Crippen LogP contribution in [0.1, 0.15) is 31.2 Å². The second-order valence-corrected chi connectivity index (χ2v) is 5.18. The summed E-state index contributed by atoms with van der Waals surface area (Å²) in [6.45, 7) is 0.736. The average molecular weight is 246 g/mol. The summed E-state index contributed by atoms with van der Waals surface area (Å²) >= 11 is 0. The van der Waals surface area contributed by atoms with Gasteiger partial charge in [-0.3, -0.25) is 4.79 Å². The number of hydrogen-bond acceptors (Lipinski definition) is 3. The van der Waals surface area contributed by atoms with Gasteiger partial charge in [-0.15, -0.1) is 0 Å². The van der Waals surface area contributed by atoms with Gasteiger partial charge in [0.2, 0.25) is 5.91 Å². The van der Waals surface area contributed by atoms with Crippen LogP contribution in [0, 0.1) is 5.92 Å². The van der Waals surface area contributed by atoms with Gasteiger partial charge in [0.1, 0.15) is 5.75 Å². The molecule has 0 radical (unpaired) electrons. The number of aryl methyl sites for hydroxylation is 1. The van der Waals surface area contributed by atoms with Crippen LogP contribution in [0.4, 0.5) is 11.4 Å². The molecular weight excluding hydrogens is 228 g/mol. The maximum absolute atomic E-state index is 11.3. The Bertz CT molecular complexity index is 481. The Kier molecular flexibility index (Phi) is 2.86. The molecule has 1 aromatic carbocycles. The van der Waals surface area contributed by atoms with Gasteiger partial charge < -0.3 is 15.8 Å². The van der Waals surface area contributed by atoms with Crippen molar-refractivity contribution < 1.29 is 9.53 Å². The summed E-state index contributed by atoms with van der Waals surface area (Å²) in [6.07, 6.45) is 5.11. The molecule has 4 nitrogen and oxygen atoms in total. The summed E-state index contributed by atoms with van der Waals surface area (Å²) < 4.78 is 5.74. The van der Waals surface area contributed by atoms with Crippen LogP contribution in [0.25, 0.3) is 0 Å². The fourth-order valence-corrected chi connectivity index (χ4v) is 2.29. The van der Waals surface area contributed by atoms with Crippen molar-refractivity contribution in [3.63, 3.8) is 0 Å². The van der Waals surface area contributed by atoms with Crippen LogP contribution in [0.15, 0.2) is 12.1 Å². The van der Waals surface area contributed by atoms with Gasteiger partial charge in [0, 0.05) is 12.1 Å². The predicted octanol–water partition coefficient (Wildman–Crippen LogP) is 2.33. The van der Waals surface area contributed by atoms with Crippen molar-refractivity contribution in [3.05, 3.63) is 17.7 Å². The smallest absolute Gasteiger partial charge is 0.224 e. The van der Waals surface area contributed by atoms with E-state index in [0.717, 1.165) is 42.4 Å². The largest absolute Gasteiger partial charge is 0.491 e. The second-order valence-electron chi connectivity index (χ2n) is 5.18. The summed E-state index contributed by atoms with van der Waals surface area (Å²) in [7, 11) is 0. The number of ether oxygens (including phenoxy) is 1. The van der Waals surface area contributed by atoms with Gasteiger partial charge in [-0.2, -0.15) is 0 Å². The van der Waals surface area contributed by atoms with Crippen LogP contribution in [0.2, 0.25) is 0 Å². The van der Waals surface area contributed by atoms with Crippen LogP contribution >= 0.6 is 0 Å². The van der Waals surface area contributed by atoms with E-state index in [1.54, 1.807) is 6.07 Å². The van der Waals surface area contributed by atoms with Crippen molar-refractivity contribution in [2.45, 2.75) is 32.1 Å². The second kappa shape index (κ2) is 4.52. The quantitative estimate of drug-likeness (QED) is 0.801. The van der Waals surface area contributed by atoms with Crippen LogP contribution in [-0.4, -0.2) is 12.5 Å². The molecular formula is C14H18N2O2. The summed E-state index contributed by atoms with van der Waals surface area (Å²) in [4.78, 5) is 11.3. The van der Waals surface area contributed by atoms with E-state index in [1.807, 2.05) is 6.07 Å². The van der Waals surface area contributed by atoms with E-state index < -0.39 is 0 Å². The number of carbonyl (C=O) groups excluding carboxylic acids is 1. The molecule has 0 saturated heterocycles. The number of rotatable bonds is 4. The first-order chi connectivity index (χ1) is 8.72. The number of fused-ring (bicyclic) bond motifs is 1. The molecule has 18 heavy (non-hydrogen) atoms. The summed E-state index contributed by atoms with van der Waals surface area (Å²) in [5.41, 5.74) is 8.50. The number of nitrogens with two attached hydrogens (primary N) is 1. The highest BCUT2D eigenvalue weighted by Gasteiger charge is 2.21. The maximum atomic E-state index is 11.3. The molecule has 2 aliphatic rings. The number of hydrogen-bond donors (Lipinski definition) is 2. The topological polar surface area (TPSA) is 64.3 Å². The lowest BCUT2D eigenvalue weighted by Crippen LogP contribution is -2.19. The molecule has 3 rings (SSSR count). The number of carbonyl (C=O) groups is 1. The molecule has 3 N–H and O–H groups in total. The Hall–Kier alpha value is -1.71. The number of anilines is 2. The molecule has 1 aliphatic heterocycles. The van der Waals surface area contributed by atoms with Crippen molar-refractivity contribution in [2.24, 2.45) is 5.92 Å². The Morgan fingerprint density at radius 2 is 2.17 bits per heavy atom. The first kappa shape index (κ1) is 11.4. The van der Waals surface area contributed by atoms with Crippen molar-refractivity contribution in [3.8, 4) is 5.75 Å². The van der Waals surface area contributed by atoms with Gasteiger partial charge in [-0.1, -0.05) is 12.8 Å². The van der Waals surface area contributed by atoms with E-state index >= 15 is 0 Å². The van der Waals surface area contributed by atoms with E-state index in [9.17, 15) is 4.79 Å². The molecule has 1 heterocycles. The van der Waals surface area contributed by atoms with Crippen LogP contribution in [0.3, 0.4) is 0 Å². The molecule has 0 bridgehead atoms. The third kappa shape index (κ3) is 2.42. The van der Waals surface area contributed by atoms with Crippen LogP contribution in [-0.2, 0) is 11.2 Å². The lowest BCUT2D eigenvalue weighted by atomic mass is 10.0. The van der Waals surface area contributed by atoms with Gasteiger partial charge in [-0.05, 0) is 36.5 Å². The Morgan fingerprint density at radius 1 is 1.33 bits per heavy atom. The normalized spacial score (nSPS) is 18.1. The molecule has 1 aliphatic carbocycles. The highest BCUT2D eigenvalue weighted by atomic mass is 16.5. The van der Waals surface area contributed by atoms with Crippen molar-refractivity contribution in [1.29, 1.82) is 0 Å². The molecule has 96 valence electrons. The monoisotopic (exact) mass is 246 g/mol. The van der Waals surface area contributed by atoms with Gasteiger partial charge in [0.05, 0.1) is 12.3 Å². The van der Waals surface area contributed by atoms with Crippen molar-refractivity contribution in [2.75, 3.05) is 17.7 Å². The van der Waals surface area contributed by atoms with Crippen LogP contribution in [0.5, 0.6) is 5.75 Å². The summed E-state index contributed by atoms with van der Waals surface area (Å²) in [5, 5.41) is 2.84. The van der Waals surface area contributed by atoms with Gasteiger partial charge in [-0.25, -0.2) is 0 Å². The summed E-state index contributed by atoms with van der Waals surface area (Å²) in [5.74, 6) is 1.68. The van der Waals surface area contributed by atoms with E-state index in [4.69, 9.17) is 10.5 Å². The SMILES string of the molecule is Nc1cc2c(cc1OCCC1CC1)CCC(=O)N2. The molecule has 1 amide bonds. The third-order valence-electron chi connectivity index (χ3n) is 3.61. The molecule has 0 atom stereocenters. The fraction of sp³-hybridized carbons (Fsp3) is 0.500. The third-order valence-corrected chi connectivity index (χ3v) is 3.61. The molecule has 1 saturated carbocycles. The minimum Gasteiger partial charge on any atom is -0.491 e. The van der Waals surface area contributed by atoms with Gasteiger partial charge in [0.15, 0.2) is 0 Å². The molecule has 1 aromatic rings. The zero-order valence-corrected chi connectivity index (χ0v) is 10.4. The number of amides is 1. The molecule has 1 fully saturated rings. The highest BCUT2D eigenvalue weighted by molar-refractivity contribution is 5.94. The van der Waals surface area contributed by atoms with Gasteiger partial charge in [0.25, 0.3) is 0 Å². The predicted molar refractivity (Wildman–Crippen MR) is 70.6 cm³/mol. The summed E-state index contributed by atoms with van der Waals surface area (Å²) in [6, 6.07) is 3.77. The minimum absolute atomic E-state index is 0.0595. The van der Waals surface area contributed by atoms with Crippen LogP contribution < -0.4 is 15.8 Å². The van der Waals surface area contributed by atoms with E-state index in [-0.39, 0.29) is 5.91 Å². The standard InChI is InChI=1S/C14H18N2O2/c15-11-8-12-10(3-4-14(17)16-12)7-13(11)18-6-5-9-1-2-9/h7-9H,1-6,15H2,(H,16,17). The number of nitrogens with one attached hydrogen (secondary N) is 1. The number of benzene rings is 1.